The van der Waals surface area contributed by atoms with Crippen molar-refractivity contribution >= 4 is 40.8 Å². The zero-order valence-electron chi connectivity index (χ0n) is 17.8. The fraction of sp³-hybridized carbons (Fsp3) is 0.154. The molecule has 2 amide bonds. The van der Waals surface area contributed by atoms with Gasteiger partial charge in [0.2, 0.25) is 0 Å². The topological polar surface area (TPSA) is 67.4 Å². The molecule has 0 radical (unpaired) electrons. The number of halogens is 1. The molecule has 164 valence electrons. The summed E-state index contributed by atoms with van der Waals surface area (Å²) < 4.78 is 5.01. The van der Waals surface area contributed by atoms with Crippen molar-refractivity contribution in [2.24, 2.45) is 0 Å². The summed E-state index contributed by atoms with van der Waals surface area (Å²) in [6.07, 6.45) is 2.45. The molecule has 0 saturated carbocycles. The first-order valence-electron chi connectivity index (χ1n) is 10.3. The fourth-order valence-electron chi connectivity index (χ4n) is 3.14. The third-order valence-electron chi connectivity index (χ3n) is 4.77. The van der Waals surface area contributed by atoms with Crippen molar-refractivity contribution in [1.82, 2.24) is 5.32 Å². The van der Waals surface area contributed by atoms with Gasteiger partial charge in [0.05, 0.1) is 11.3 Å². The van der Waals surface area contributed by atoms with Gasteiger partial charge in [0.1, 0.15) is 0 Å². The Morgan fingerprint density at radius 3 is 2.38 bits per heavy atom. The molecule has 0 saturated heterocycles. The summed E-state index contributed by atoms with van der Waals surface area (Å²) in [4.78, 5) is 26.0. The summed E-state index contributed by atoms with van der Waals surface area (Å²) >= 11 is 6.32. The van der Waals surface area contributed by atoms with Crippen LogP contribution in [0.25, 0.3) is 11.6 Å². The zero-order valence-corrected chi connectivity index (χ0v) is 18.6. The average molecular weight is 449 g/mol. The van der Waals surface area contributed by atoms with Gasteiger partial charge < -0.3 is 15.4 Å². The van der Waals surface area contributed by atoms with E-state index < -0.39 is 0 Å². The van der Waals surface area contributed by atoms with E-state index in [0.717, 1.165) is 11.1 Å². The maximum atomic E-state index is 13.3. The fourth-order valence-corrected chi connectivity index (χ4v) is 3.33. The molecule has 32 heavy (non-hydrogen) atoms. The Morgan fingerprint density at radius 2 is 1.62 bits per heavy atom. The molecule has 0 atom stereocenters. The number of nitrogens with one attached hydrogen (secondary N) is 2. The Hall–Kier alpha value is -3.41. The number of para-hydroxylation sites is 1. The largest absolute Gasteiger partial charge is 0.385 e. The van der Waals surface area contributed by atoms with Crippen molar-refractivity contribution in [2.45, 2.75) is 6.42 Å². The maximum Gasteiger partial charge on any atom is 0.256 e. The van der Waals surface area contributed by atoms with Gasteiger partial charge in [-0.05, 0) is 41.8 Å². The normalized spacial score (nSPS) is 11.1. The van der Waals surface area contributed by atoms with Gasteiger partial charge in [0.25, 0.3) is 11.8 Å². The van der Waals surface area contributed by atoms with Crippen LogP contribution in [0.15, 0.2) is 78.9 Å². The van der Waals surface area contributed by atoms with Crippen molar-refractivity contribution in [3.05, 3.63) is 101 Å². The molecule has 6 heteroatoms. The van der Waals surface area contributed by atoms with Gasteiger partial charge in [-0.1, -0.05) is 72.3 Å². The Bertz CT molecular complexity index is 1100. The van der Waals surface area contributed by atoms with E-state index in [1.807, 2.05) is 48.5 Å². The van der Waals surface area contributed by atoms with Crippen molar-refractivity contribution in [3.8, 4) is 0 Å². The number of hydrogen-bond donors (Lipinski definition) is 2. The Morgan fingerprint density at radius 1 is 0.938 bits per heavy atom. The van der Waals surface area contributed by atoms with Crippen LogP contribution in [0.4, 0.5) is 5.69 Å². The summed E-state index contributed by atoms with van der Waals surface area (Å²) in [7, 11) is 1.62. The molecule has 0 aliphatic rings. The zero-order chi connectivity index (χ0) is 22.8. The van der Waals surface area contributed by atoms with E-state index in [0.29, 0.717) is 41.4 Å². The van der Waals surface area contributed by atoms with Gasteiger partial charge >= 0.3 is 0 Å². The molecule has 0 spiro atoms. The summed E-state index contributed by atoms with van der Waals surface area (Å²) in [6, 6.07) is 23.6. The second-order valence-corrected chi connectivity index (χ2v) is 7.45. The van der Waals surface area contributed by atoms with Crippen LogP contribution in [0, 0.1) is 0 Å². The molecule has 0 bridgehead atoms. The van der Waals surface area contributed by atoms with Crippen molar-refractivity contribution in [1.29, 1.82) is 0 Å². The van der Waals surface area contributed by atoms with Crippen LogP contribution in [0.1, 0.15) is 27.9 Å². The first-order chi connectivity index (χ1) is 15.6. The second-order valence-electron chi connectivity index (χ2n) is 7.05. The molecule has 0 aromatic heterocycles. The first kappa shape index (κ1) is 23.3. The predicted molar refractivity (Wildman–Crippen MR) is 130 cm³/mol. The highest BCUT2D eigenvalue weighted by molar-refractivity contribution is 6.34. The van der Waals surface area contributed by atoms with Crippen LogP contribution in [-0.2, 0) is 9.53 Å². The molecular weight excluding hydrogens is 424 g/mol. The average Bonchev–Trinajstić information content (AvgIpc) is 2.82. The molecule has 2 N–H and O–H groups in total. The number of hydrogen-bond acceptors (Lipinski definition) is 3. The molecule has 0 fully saturated rings. The van der Waals surface area contributed by atoms with Crippen LogP contribution in [0.2, 0.25) is 5.02 Å². The standard InChI is InChI=1S/C26H25ClN2O3/c1-32-17-9-16-28-25(30)21-13-6-8-15-24(21)29-26(31)22(19-10-3-2-4-11-19)18-20-12-5-7-14-23(20)27/h2-8,10-15,18H,9,16-17H2,1H3,(H,28,30)(H,29,31)/b22-18+. The summed E-state index contributed by atoms with van der Waals surface area (Å²) in [6.45, 7) is 1.04. The van der Waals surface area contributed by atoms with Crippen molar-refractivity contribution < 1.29 is 14.3 Å². The van der Waals surface area contributed by atoms with Gasteiger partial charge in [-0.25, -0.2) is 0 Å². The van der Waals surface area contributed by atoms with Crippen LogP contribution < -0.4 is 10.6 Å². The second kappa shape index (κ2) is 11.8. The SMILES string of the molecule is COCCCNC(=O)c1ccccc1NC(=O)/C(=C/c1ccccc1Cl)c1ccccc1. The van der Waals surface area contributed by atoms with Crippen LogP contribution in [0.5, 0.6) is 0 Å². The minimum Gasteiger partial charge on any atom is -0.385 e. The Kier molecular flexibility index (Phi) is 8.61. The van der Waals surface area contributed by atoms with Crippen molar-refractivity contribution in [3.63, 3.8) is 0 Å². The lowest BCUT2D eigenvalue weighted by atomic mass is 10.0. The molecular formula is C26H25ClN2O3. The number of amides is 2. The quantitative estimate of drug-likeness (QED) is 0.265. The lowest BCUT2D eigenvalue weighted by Crippen LogP contribution is -2.27. The van der Waals surface area contributed by atoms with Crippen molar-refractivity contribution in [2.75, 3.05) is 25.6 Å². The first-order valence-corrected chi connectivity index (χ1v) is 10.7. The smallest absolute Gasteiger partial charge is 0.256 e. The van der Waals surface area contributed by atoms with Gasteiger partial charge in [0, 0.05) is 30.9 Å². The summed E-state index contributed by atoms with van der Waals surface area (Å²) in [5, 5.41) is 6.29. The monoisotopic (exact) mass is 448 g/mol. The number of ether oxygens (including phenoxy) is 1. The maximum absolute atomic E-state index is 13.3. The van der Waals surface area contributed by atoms with E-state index in [-0.39, 0.29) is 11.8 Å². The van der Waals surface area contributed by atoms with E-state index >= 15 is 0 Å². The molecule has 0 aliphatic heterocycles. The number of carbonyl (C=O) groups is 2. The van der Waals surface area contributed by atoms with E-state index in [4.69, 9.17) is 16.3 Å². The highest BCUT2D eigenvalue weighted by atomic mass is 35.5. The summed E-state index contributed by atoms with van der Waals surface area (Å²) in [5.41, 5.74) is 2.74. The number of anilines is 1. The van der Waals surface area contributed by atoms with Crippen LogP contribution >= 0.6 is 11.6 Å². The Balaban J connectivity index is 1.88. The van der Waals surface area contributed by atoms with E-state index in [9.17, 15) is 9.59 Å². The lowest BCUT2D eigenvalue weighted by Gasteiger charge is -2.14. The molecule has 3 aromatic carbocycles. The highest BCUT2D eigenvalue weighted by Gasteiger charge is 2.17. The lowest BCUT2D eigenvalue weighted by molar-refractivity contribution is -0.111. The molecule has 3 rings (SSSR count). The summed E-state index contributed by atoms with van der Waals surface area (Å²) in [5.74, 6) is -0.593. The third-order valence-corrected chi connectivity index (χ3v) is 5.11. The van der Waals surface area contributed by atoms with Gasteiger partial charge in [-0.3, -0.25) is 9.59 Å². The number of benzene rings is 3. The van der Waals surface area contributed by atoms with E-state index in [1.165, 1.54) is 0 Å². The van der Waals surface area contributed by atoms with E-state index in [1.54, 1.807) is 43.5 Å². The van der Waals surface area contributed by atoms with Gasteiger partial charge in [-0.2, -0.15) is 0 Å². The molecule has 0 unspecified atom stereocenters. The predicted octanol–water partition coefficient (Wildman–Crippen LogP) is 5.29. The molecule has 3 aromatic rings. The van der Waals surface area contributed by atoms with Gasteiger partial charge in [-0.15, -0.1) is 0 Å². The number of carbonyl (C=O) groups excluding carboxylic acids is 2. The van der Waals surface area contributed by atoms with Gasteiger partial charge in [0.15, 0.2) is 0 Å². The Labute approximate surface area is 193 Å². The minimum absolute atomic E-state index is 0.256. The minimum atomic E-state index is -0.337. The van der Waals surface area contributed by atoms with E-state index in [2.05, 4.69) is 10.6 Å². The highest BCUT2D eigenvalue weighted by Crippen LogP contribution is 2.25. The molecule has 0 heterocycles. The third kappa shape index (κ3) is 6.30. The number of rotatable bonds is 9. The number of methoxy groups -OCH3 is 1. The molecule has 0 aliphatic carbocycles. The van der Waals surface area contributed by atoms with Crippen LogP contribution in [-0.4, -0.2) is 32.1 Å². The van der Waals surface area contributed by atoms with Crippen LogP contribution in [0.3, 0.4) is 0 Å². The molecule has 5 nitrogen and oxygen atoms in total.